The van der Waals surface area contributed by atoms with Crippen molar-refractivity contribution in [2.24, 2.45) is 11.1 Å². The Morgan fingerprint density at radius 3 is 2.35 bits per heavy atom. The third-order valence-corrected chi connectivity index (χ3v) is 2.75. The molecule has 1 aromatic heterocycles. The quantitative estimate of drug-likeness (QED) is 0.880. The second-order valence-electron chi connectivity index (χ2n) is 5.40. The summed E-state index contributed by atoms with van der Waals surface area (Å²) in [6.45, 7) is 5.93. The molecule has 0 amide bonds. The van der Waals surface area contributed by atoms with Gasteiger partial charge in [0.15, 0.2) is 0 Å². The Bertz CT molecular complexity index is 585. The predicted octanol–water partition coefficient (Wildman–Crippen LogP) is 2.85. The molecule has 0 fully saturated rings. The first-order chi connectivity index (χ1) is 8.91. The van der Waals surface area contributed by atoms with Crippen LogP contribution in [0.4, 0.5) is 0 Å². The molecule has 0 radical (unpaired) electrons. The first kappa shape index (κ1) is 16.3. The first-order valence-corrected chi connectivity index (χ1v) is 6.09. The summed E-state index contributed by atoms with van der Waals surface area (Å²) in [7, 11) is 0. The molecule has 2 N–H and O–H groups in total. The van der Waals surface area contributed by atoms with Crippen molar-refractivity contribution in [3.8, 4) is 11.4 Å². The summed E-state index contributed by atoms with van der Waals surface area (Å²) < 4.78 is 5.03. The fraction of sp³-hybridized carbons (Fsp3) is 0.357. The lowest BCUT2D eigenvalue weighted by atomic mass is 9.91. The summed E-state index contributed by atoms with van der Waals surface area (Å²) in [6, 6.07) is 7.52. The average Bonchev–Trinajstić information content (AvgIpc) is 2.86. The minimum absolute atomic E-state index is 0. The van der Waals surface area contributed by atoms with Gasteiger partial charge in [0, 0.05) is 17.5 Å². The molecule has 0 unspecified atom stereocenters. The fourth-order valence-electron chi connectivity index (χ4n) is 1.54. The zero-order valence-electron chi connectivity index (χ0n) is 11.7. The van der Waals surface area contributed by atoms with E-state index in [0.29, 0.717) is 12.4 Å². The molecule has 6 heteroatoms. The number of carbonyl (C=O) groups is 1. The lowest BCUT2D eigenvalue weighted by molar-refractivity contribution is 0.0811. The van der Waals surface area contributed by atoms with Gasteiger partial charge in [0.05, 0.1) is 0 Å². The van der Waals surface area contributed by atoms with E-state index in [-0.39, 0.29) is 24.1 Å². The van der Waals surface area contributed by atoms with Crippen LogP contribution in [0.15, 0.2) is 28.8 Å². The molecule has 2 aromatic rings. The molecule has 108 valence electrons. The molecular weight excluding hydrogens is 278 g/mol. The summed E-state index contributed by atoms with van der Waals surface area (Å²) in [4.78, 5) is 16.1. The zero-order chi connectivity index (χ0) is 14.0. The number of hydrogen-bond acceptors (Lipinski definition) is 5. The van der Waals surface area contributed by atoms with Crippen molar-refractivity contribution in [1.82, 2.24) is 10.1 Å². The Balaban J connectivity index is 0.00000200. The molecule has 0 saturated heterocycles. The van der Waals surface area contributed by atoms with Crippen LogP contribution in [0.2, 0.25) is 0 Å². The summed E-state index contributed by atoms with van der Waals surface area (Å²) >= 11 is 0. The first-order valence-electron chi connectivity index (χ1n) is 6.09. The van der Waals surface area contributed by atoms with E-state index in [1.165, 1.54) is 0 Å². The van der Waals surface area contributed by atoms with E-state index in [0.717, 1.165) is 11.1 Å². The second kappa shape index (κ2) is 6.15. The number of nitrogens with two attached hydrogens (primary N) is 1. The van der Waals surface area contributed by atoms with Crippen LogP contribution in [0.3, 0.4) is 0 Å². The van der Waals surface area contributed by atoms with Gasteiger partial charge >= 0.3 is 0 Å². The Morgan fingerprint density at radius 2 is 1.85 bits per heavy atom. The van der Waals surface area contributed by atoms with E-state index >= 15 is 0 Å². The highest BCUT2D eigenvalue weighted by atomic mass is 35.5. The van der Waals surface area contributed by atoms with Gasteiger partial charge in [0.25, 0.3) is 5.89 Å². The number of halogens is 1. The van der Waals surface area contributed by atoms with Crippen LogP contribution < -0.4 is 5.73 Å². The van der Waals surface area contributed by atoms with E-state index in [4.69, 9.17) is 10.3 Å². The molecular formula is C14H18ClN3O2. The average molecular weight is 296 g/mol. The van der Waals surface area contributed by atoms with Gasteiger partial charge in [-0.05, 0) is 5.56 Å². The molecule has 0 aliphatic rings. The number of carbonyl (C=O) groups excluding carboxylic acids is 1. The maximum Gasteiger partial charge on any atom is 0.294 e. The Hall–Kier alpha value is -1.72. The third-order valence-electron chi connectivity index (χ3n) is 2.75. The van der Waals surface area contributed by atoms with E-state index in [2.05, 4.69) is 10.1 Å². The van der Waals surface area contributed by atoms with Gasteiger partial charge < -0.3 is 10.3 Å². The Morgan fingerprint density at radius 1 is 1.25 bits per heavy atom. The molecule has 1 aromatic carbocycles. The summed E-state index contributed by atoms with van der Waals surface area (Å²) in [6.07, 6.45) is 0. The van der Waals surface area contributed by atoms with E-state index < -0.39 is 5.41 Å². The van der Waals surface area contributed by atoms with Crippen molar-refractivity contribution in [2.45, 2.75) is 27.3 Å². The maximum atomic E-state index is 12.0. The molecule has 20 heavy (non-hydrogen) atoms. The standard InChI is InChI=1S/C14H17N3O2.ClH/c1-14(2,3)11(18)13-16-12(17-19-13)10-6-4-9(8-15)5-7-10;/h4-7H,8,15H2,1-3H3;1H. The molecule has 0 bridgehead atoms. The minimum atomic E-state index is -0.535. The van der Waals surface area contributed by atoms with Gasteiger partial charge in [-0.15, -0.1) is 12.4 Å². The van der Waals surface area contributed by atoms with Crippen LogP contribution >= 0.6 is 12.4 Å². The Kier molecular flexibility index (Phi) is 5.03. The van der Waals surface area contributed by atoms with Crippen LogP contribution in [0.5, 0.6) is 0 Å². The van der Waals surface area contributed by atoms with Crippen molar-refractivity contribution in [3.63, 3.8) is 0 Å². The number of hydrogen-bond donors (Lipinski definition) is 1. The maximum absolute atomic E-state index is 12.0. The number of nitrogens with zero attached hydrogens (tertiary/aromatic N) is 2. The second-order valence-corrected chi connectivity index (χ2v) is 5.40. The van der Waals surface area contributed by atoms with Crippen molar-refractivity contribution < 1.29 is 9.32 Å². The van der Waals surface area contributed by atoms with Gasteiger partial charge in [0.1, 0.15) is 0 Å². The predicted molar refractivity (Wildman–Crippen MR) is 78.7 cm³/mol. The monoisotopic (exact) mass is 295 g/mol. The van der Waals surface area contributed by atoms with Crippen molar-refractivity contribution in [3.05, 3.63) is 35.7 Å². The van der Waals surface area contributed by atoms with Gasteiger partial charge in [-0.1, -0.05) is 50.2 Å². The number of benzene rings is 1. The summed E-state index contributed by atoms with van der Waals surface area (Å²) in [5.74, 6) is 0.298. The number of Topliss-reactive ketones (excluding diaryl/α,β-unsaturated/α-hetero) is 1. The van der Waals surface area contributed by atoms with Crippen LogP contribution in [-0.4, -0.2) is 15.9 Å². The number of rotatable bonds is 3. The normalized spacial score (nSPS) is 11.0. The van der Waals surface area contributed by atoms with Gasteiger partial charge in [0.2, 0.25) is 11.6 Å². The lowest BCUT2D eigenvalue weighted by Gasteiger charge is -2.12. The molecule has 0 aliphatic carbocycles. The van der Waals surface area contributed by atoms with Crippen LogP contribution in [0.1, 0.15) is 37.0 Å². The highest BCUT2D eigenvalue weighted by Crippen LogP contribution is 2.22. The van der Waals surface area contributed by atoms with Crippen LogP contribution in [0.25, 0.3) is 11.4 Å². The van der Waals surface area contributed by atoms with Gasteiger partial charge in [-0.25, -0.2) is 0 Å². The molecule has 5 nitrogen and oxygen atoms in total. The van der Waals surface area contributed by atoms with E-state index in [1.54, 1.807) is 0 Å². The topological polar surface area (TPSA) is 82.0 Å². The van der Waals surface area contributed by atoms with Gasteiger partial charge in [-0.3, -0.25) is 4.79 Å². The molecule has 0 spiro atoms. The minimum Gasteiger partial charge on any atom is -0.330 e. The summed E-state index contributed by atoms with van der Waals surface area (Å²) in [5.41, 5.74) is 6.83. The Labute approximate surface area is 124 Å². The van der Waals surface area contributed by atoms with Crippen molar-refractivity contribution in [2.75, 3.05) is 0 Å². The largest absolute Gasteiger partial charge is 0.330 e. The summed E-state index contributed by atoms with van der Waals surface area (Å²) in [5, 5.41) is 3.84. The van der Waals surface area contributed by atoms with Gasteiger partial charge in [-0.2, -0.15) is 4.98 Å². The van der Waals surface area contributed by atoms with Crippen LogP contribution in [0, 0.1) is 5.41 Å². The van der Waals surface area contributed by atoms with Crippen molar-refractivity contribution in [1.29, 1.82) is 0 Å². The fourth-order valence-corrected chi connectivity index (χ4v) is 1.54. The molecule has 0 aliphatic heterocycles. The highest BCUT2D eigenvalue weighted by molar-refractivity contribution is 5.96. The van der Waals surface area contributed by atoms with E-state index in [1.807, 2.05) is 45.0 Å². The zero-order valence-corrected chi connectivity index (χ0v) is 12.5. The highest BCUT2D eigenvalue weighted by Gasteiger charge is 2.28. The van der Waals surface area contributed by atoms with Crippen molar-refractivity contribution >= 4 is 18.2 Å². The van der Waals surface area contributed by atoms with E-state index in [9.17, 15) is 4.79 Å². The molecule has 1 heterocycles. The molecule has 0 atom stereocenters. The number of ketones is 1. The SMILES string of the molecule is CC(C)(C)C(=O)c1nc(-c2ccc(CN)cc2)no1.Cl. The smallest absolute Gasteiger partial charge is 0.294 e. The molecule has 2 rings (SSSR count). The lowest BCUT2D eigenvalue weighted by Crippen LogP contribution is -2.20. The third kappa shape index (κ3) is 3.43. The molecule has 0 saturated carbocycles. The number of aromatic nitrogens is 2. The van der Waals surface area contributed by atoms with Crippen LogP contribution in [-0.2, 0) is 6.54 Å².